The molecule has 0 spiro atoms. The number of amides is 1. The van der Waals surface area contributed by atoms with Gasteiger partial charge in [0.2, 0.25) is 5.90 Å². The van der Waals surface area contributed by atoms with Crippen LogP contribution in [0, 0.1) is 45.9 Å². The number of nitrogens with one attached hydrogen (secondary N) is 2. The number of nitrogens with zero attached hydrogens (tertiary/aromatic N) is 4. The summed E-state index contributed by atoms with van der Waals surface area (Å²) < 4.78 is 4.84. The van der Waals surface area contributed by atoms with Gasteiger partial charge in [-0.25, -0.2) is 4.79 Å². The first-order chi connectivity index (χ1) is 18.0. The van der Waals surface area contributed by atoms with Crippen molar-refractivity contribution in [1.29, 1.82) is 5.41 Å². The Morgan fingerprint density at radius 2 is 1.21 bits per heavy atom. The molecule has 0 saturated carbocycles. The van der Waals surface area contributed by atoms with Gasteiger partial charge in [-0.3, -0.25) is 45.9 Å². The Labute approximate surface area is 212 Å². The Hall–Kier alpha value is -5.26. The van der Waals surface area contributed by atoms with Crippen LogP contribution < -0.4 is 5.32 Å². The molecule has 202 valence electrons. The molecule has 0 aromatic heterocycles. The lowest BCUT2D eigenvalue weighted by molar-refractivity contribution is -0.397. The third-order valence-electron chi connectivity index (χ3n) is 4.85. The maximum atomic E-state index is 11.8. The van der Waals surface area contributed by atoms with Crippen LogP contribution in [0.1, 0.15) is 30.4 Å². The van der Waals surface area contributed by atoms with Crippen LogP contribution in [0.15, 0.2) is 36.4 Å². The van der Waals surface area contributed by atoms with Gasteiger partial charge in [-0.1, -0.05) is 0 Å². The summed E-state index contributed by atoms with van der Waals surface area (Å²) in [7, 11) is 0. The van der Waals surface area contributed by atoms with Crippen LogP contribution in [0.4, 0.5) is 27.5 Å². The highest BCUT2D eigenvalue weighted by molar-refractivity contribution is 5.71. The van der Waals surface area contributed by atoms with Crippen LogP contribution in [0.2, 0.25) is 0 Å². The topological polar surface area (TPSA) is 253 Å². The summed E-state index contributed by atoms with van der Waals surface area (Å²) in [5.74, 6) is -0.377. The number of hydrogen-bond donors (Lipinski definition) is 2. The minimum Gasteiger partial charge on any atom is -0.444 e. The van der Waals surface area contributed by atoms with Crippen molar-refractivity contribution in [2.75, 3.05) is 6.54 Å². The largest absolute Gasteiger partial charge is 0.444 e. The Morgan fingerprint density at radius 3 is 1.66 bits per heavy atom. The highest BCUT2D eigenvalue weighted by Crippen LogP contribution is 2.30. The van der Waals surface area contributed by atoms with E-state index in [0.29, 0.717) is 12.8 Å². The molecule has 2 N–H and O–H groups in total. The monoisotopic (exact) mass is 536 g/mol. The second kappa shape index (κ2) is 13.7. The number of ether oxygens (including phenoxy) is 1. The lowest BCUT2D eigenvalue weighted by Gasteiger charge is -2.09. The number of alkyl carbamates (subject to hydrolysis) is 1. The van der Waals surface area contributed by atoms with E-state index in [1.165, 1.54) is 0 Å². The van der Waals surface area contributed by atoms with Gasteiger partial charge in [-0.05, 0) is 25.0 Å². The quantitative estimate of drug-likeness (QED) is 0.0871. The summed E-state index contributed by atoms with van der Waals surface area (Å²) in [6, 6.07) is 6.53. The second-order valence-electron chi connectivity index (χ2n) is 7.31. The van der Waals surface area contributed by atoms with Gasteiger partial charge in [0, 0.05) is 37.2 Å². The van der Waals surface area contributed by atoms with E-state index >= 15 is 0 Å². The maximum absolute atomic E-state index is 11.8. The number of carbonyl (C=O) groups is 1. The molecule has 0 atom stereocenters. The average Bonchev–Trinajstić information content (AvgIpc) is 2.86. The van der Waals surface area contributed by atoms with E-state index in [4.69, 9.17) is 19.9 Å². The van der Waals surface area contributed by atoms with Crippen molar-refractivity contribution in [2.24, 2.45) is 0 Å². The van der Waals surface area contributed by atoms with E-state index < -0.39 is 61.7 Å². The van der Waals surface area contributed by atoms with Crippen molar-refractivity contribution in [3.8, 4) is 0 Å². The number of benzene rings is 2. The molecule has 0 radical (unpaired) electrons. The van der Waals surface area contributed by atoms with Crippen molar-refractivity contribution in [2.45, 2.75) is 32.5 Å². The van der Waals surface area contributed by atoms with Gasteiger partial charge in [0.15, 0.2) is 0 Å². The fourth-order valence-corrected chi connectivity index (χ4v) is 3.10. The lowest BCUT2D eigenvalue weighted by atomic mass is 10.1. The van der Waals surface area contributed by atoms with Gasteiger partial charge >= 0.3 is 6.09 Å². The summed E-state index contributed by atoms with van der Waals surface area (Å²) >= 11 is 0. The lowest BCUT2D eigenvalue weighted by Crippen LogP contribution is -2.25. The molecule has 18 heteroatoms. The molecule has 2 rings (SSSR count). The maximum Gasteiger partial charge on any atom is 0.407 e. The zero-order chi connectivity index (χ0) is 28.2. The molecule has 0 aliphatic heterocycles. The molecule has 0 heterocycles. The van der Waals surface area contributed by atoms with Gasteiger partial charge in [-0.2, -0.15) is 4.89 Å². The molecular weight excluding hydrogens is 516 g/mol. The van der Waals surface area contributed by atoms with Crippen LogP contribution in [0.5, 0.6) is 0 Å². The van der Waals surface area contributed by atoms with E-state index in [-0.39, 0.29) is 30.0 Å². The molecule has 38 heavy (non-hydrogen) atoms. The Balaban J connectivity index is 1.73. The van der Waals surface area contributed by atoms with Crippen molar-refractivity contribution in [3.05, 3.63) is 88.0 Å². The molecule has 0 saturated heterocycles. The van der Waals surface area contributed by atoms with E-state index in [1.54, 1.807) is 0 Å². The van der Waals surface area contributed by atoms with E-state index in [2.05, 4.69) is 5.32 Å². The molecule has 1 amide bonds. The Morgan fingerprint density at radius 1 is 0.763 bits per heavy atom. The minimum absolute atomic E-state index is 0.0259. The highest BCUT2D eigenvalue weighted by atomic mass is 17.2. The Bertz CT molecular complexity index is 1190. The standard InChI is InChI=1S/C20H20N6O12/c21-19(38-37-12-14-17(25(32)33)7-4-8-18(14)26(34)35)9-1-2-10-22-20(27)36-11-13-15(23(28)29)5-3-6-16(13)24(30)31/h3-8,21H,1-2,9-12H2,(H,22,27). The summed E-state index contributed by atoms with van der Waals surface area (Å²) in [5, 5.41) is 54.4. The number of nitro groups is 4. The number of rotatable bonds is 14. The third kappa shape index (κ3) is 8.16. The molecule has 2 aromatic carbocycles. The van der Waals surface area contributed by atoms with E-state index in [9.17, 15) is 45.3 Å². The van der Waals surface area contributed by atoms with Crippen LogP contribution in [-0.2, 0) is 27.7 Å². The zero-order valence-corrected chi connectivity index (χ0v) is 19.4. The van der Waals surface area contributed by atoms with Crippen molar-refractivity contribution < 1.29 is 39.0 Å². The van der Waals surface area contributed by atoms with Crippen LogP contribution in [-0.4, -0.2) is 38.2 Å². The summed E-state index contributed by atoms with van der Waals surface area (Å²) in [4.78, 5) is 62.4. The minimum atomic E-state index is -0.974. The molecule has 18 nitrogen and oxygen atoms in total. The predicted octanol–water partition coefficient (Wildman–Crippen LogP) is 3.84. The van der Waals surface area contributed by atoms with Gasteiger partial charge in [-0.15, -0.1) is 0 Å². The molecule has 0 aliphatic carbocycles. The Kier molecular flexibility index (Phi) is 10.5. The first-order valence-electron chi connectivity index (χ1n) is 10.6. The number of hydrogen-bond acceptors (Lipinski definition) is 13. The number of nitro benzene ring substituents is 4. The van der Waals surface area contributed by atoms with E-state index in [0.717, 1.165) is 36.4 Å². The van der Waals surface area contributed by atoms with Crippen LogP contribution in [0.3, 0.4) is 0 Å². The van der Waals surface area contributed by atoms with Crippen molar-refractivity contribution in [3.63, 3.8) is 0 Å². The van der Waals surface area contributed by atoms with Crippen molar-refractivity contribution in [1.82, 2.24) is 5.32 Å². The summed E-state index contributed by atoms with van der Waals surface area (Å²) in [6.45, 7) is -1.29. The smallest absolute Gasteiger partial charge is 0.407 e. The van der Waals surface area contributed by atoms with Gasteiger partial charge in [0.05, 0.1) is 19.7 Å². The third-order valence-corrected chi connectivity index (χ3v) is 4.85. The van der Waals surface area contributed by atoms with Crippen LogP contribution in [0.25, 0.3) is 0 Å². The first-order valence-corrected chi connectivity index (χ1v) is 10.6. The van der Waals surface area contributed by atoms with E-state index in [1.807, 2.05) is 0 Å². The van der Waals surface area contributed by atoms with Gasteiger partial charge in [0.25, 0.3) is 22.7 Å². The number of carbonyl (C=O) groups excluding carboxylic acids is 1. The molecule has 0 fully saturated rings. The molecule has 0 aliphatic rings. The predicted molar refractivity (Wildman–Crippen MR) is 125 cm³/mol. The van der Waals surface area contributed by atoms with Gasteiger partial charge in [0.1, 0.15) is 24.3 Å². The number of unbranched alkanes of at least 4 members (excludes halogenated alkanes) is 1. The summed E-state index contributed by atoms with van der Waals surface area (Å²) in [5.41, 5.74) is -2.90. The fraction of sp³-hybridized carbons (Fsp3) is 0.300. The fourth-order valence-electron chi connectivity index (χ4n) is 3.10. The van der Waals surface area contributed by atoms with Crippen LogP contribution >= 0.6 is 0 Å². The average molecular weight is 536 g/mol. The summed E-state index contributed by atoms with van der Waals surface area (Å²) in [6.07, 6.45) is -0.317. The SMILES string of the molecule is N=C(CCCCNC(=O)OCc1c([N+](=O)[O-])cccc1[N+](=O)[O-])OOCc1c([N+](=O)[O-])cccc1[N+](=O)[O-]. The zero-order valence-electron chi connectivity index (χ0n) is 19.4. The first kappa shape index (κ1) is 29.0. The van der Waals surface area contributed by atoms with Crippen molar-refractivity contribution >= 4 is 34.7 Å². The molecule has 2 aromatic rings. The normalized spacial score (nSPS) is 10.3. The molecular formula is C20H20N6O12. The van der Waals surface area contributed by atoms with Gasteiger partial charge < -0.3 is 14.9 Å². The molecule has 0 bridgehead atoms. The highest BCUT2D eigenvalue weighted by Gasteiger charge is 2.26. The molecule has 0 unspecified atom stereocenters. The second-order valence-corrected chi connectivity index (χ2v) is 7.31.